The Kier molecular flexibility index (Phi) is 4.96. The fraction of sp³-hybridized carbons (Fsp3) is 0.312. The van der Waals surface area contributed by atoms with E-state index in [2.05, 4.69) is 16.9 Å². The van der Waals surface area contributed by atoms with Crippen LogP contribution in [0.1, 0.15) is 23.9 Å². The molecular formula is C16H18FN3O. The number of benzene rings is 1. The molecule has 2 N–H and O–H groups in total. The highest BCUT2D eigenvalue weighted by molar-refractivity contribution is 5.40. The van der Waals surface area contributed by atoms with Gasteiger partial charge < -0.3 is 10.5 Å². The van der Waals surface area contributed by atoms with E-state index in [0.717, 1.165) is 17.8 Å². The first-order chi connectivity index (χ1) is 10.1. The largest absolute Gasteiger partial charge is 0.484 e. The van der Waals surface area contributed by atoms with Crippen molar-refractivity contribution >= 4 is 0 Å². The molecule has 0 atom stereocenters. The zero-order valence-electron chi connectivity index (χ0n) is 12.2. The Bertz CT molecular complexity index is 683. The molecule has 0 amide bonds. The lowest BCUT2D eigenvalue weighted by Gasteiger charge is -2.07. The first-order valence-electron chi connectivity index (χ1n) is 6.77. The Labute approximate surface area is 123 Å². The van der Waals surface area contributed by atoms with Gasteiger partial charge in [0.2, 0.25) is 0 Å². The van der Waals surface area contributed by atoms with E-state index in [0.29, 0.717) is 5.56 Å². The molecule has 0 saturated carbocycles. The van der Waals surface area contributed by atoms with Crippen molar-refractivity contribution in [2.24, 2.45) is 12.8 Å². The van der Waals surface area contributed by atoms with E-state index < -0.39 is 5.82 Å². The third-order valence-electron chi connectivity index (χ3n) is 3.03. The highest BCUT2D eigenvalue weighted by atomic mass is 19.1. The lowest BCUT2D eigenvalue weighted by atomic mass is 10.2. The monoisotopic (exact) mass is 287 g/mol. The van der Waals surface area contributed by atoms with Crippen molar-refractivity contribution in [1.29, 1.82) is 0 Å². The maximum Gasteiger partial charge on any atom is 0.165 e. The van der Waals surface area contributed by atoms with E-state index in [4.69, 9.17) is 10.5 Å². The number of hydrogen-bond acceptors (Lipinski definition) is 3. The van der Waals surface area contributed by atoms with Crippen molar-refractivity contribution < 1.29 is 9.13 Å². The number of aryl methyl sites for hydroxylation is 2. The smallest absolute Gasteiger partial charge is 0.165 e. The van der Waals surface area contributed by atoms with Crippen LogP contribution in [0, 0.1) is 17.7 Å². The van der Waals surface area contributed by atoms with Gasteiger partial charge in [0, 0.05) is 12.6 Å². The Morgan fingerprint density at radius 2 is 2.19 bits per heavy atom. The van der Waals surface area contributed by atoms with Crippen LogP contribution >= 0.6 is 0 Å². The normalized spacial score (nSPS) is 10.1. The van der Waals surface area contributed by atoms with E-state index in [9.17, 15) is 4.39 Å². The predicted octanol–water partition coefficient (Wildman–Crippen LogP) is 2.01. The first-order valence-corrected chi connectivity index (χ1v) is 6.77. The number of nitrogens with zero attached hydrogens (tertiary/aromatic N) is 2. The second kappa shape index (κ2) is 6.91. The summed E-state index contributed by atoms with van der Waals surface area (Å²) in [5.41, 5.74) is 7.88. The van der Waals surface area contributed by atoms with E-state index in [1.165, 1.54) is 6.07 Å². The van der Waals surface area contributed by atoms with Gasteiger partial charge in [0.1, 0.15) is 6.61 Å². The summed E-state index contributed by atoms with van der Waals surface area (Å²) in [5, 5.41) is 4.33. The van der Waals surface area contributed by atoms with Crippen LogP contribution in [0.3, 0.4) is 0 Å². The zero-order valence-corrected chi connectivity index (χ0v) is 12.2. The summed E-state index contributed by atoms with van der Waals surface area (Å²) >= 11 is 0. The second-order valence-electron chi connectivity index (χ2n) is 4.54. The standard InChI is InChI=1S/C16H18FN3O/c1-3-13-10-14(20(2)19-13)11-21-16-9-12(5-4-8-18)6-7-15(16)17/h6-7,9-10H,3,8,11,18H2,1-2H3. The fourth-order valence-electron chi connectivity index (χ4n) is 1.88. The molecule has 0 saturated heterocycles. The molecule has 2 rings (SSSR count). The van der Waals surface area contributed by atoms with Crippen molar-refractivity contribution in [3.63, 3.8) is 0 Å². The van der Waals surface area contributed by atoms with Gasteiger partial charge in [-0.3, -0.25) is 4.68 Å². The maximum atomic E-state index is 13.7. The summed E-state index contributed by atoms with van der Waals surface area (Å²) in [6.45, 7) is 2.56. The topological polar surface area (TPSA) is 53.1 Å². The van der Waals surface area contributed by atoms with Gasteiger partial charge in [0.25, 0.3) is 0 Å². The molecule has 0 aliphatic rings. The van der Waals surface area contributed by atoms with Crippen molar-refractivity contribution in [1.82, 2.24) is 9.78 Å². The lowest BCUT2D eigenvalue weighted by molar-refractivity contribution is 0.280. The van der Waals surface area contributed by atoms with Gasteiger partial charge in [-0.05, 0) is 30.7 Å². The first kappa shape index (κ1) is 15.1. The molecule has 0 aliphatic carbocycles. The Balaban J connectivity index is 2.13. The molecule has 0 spiro atoms. The number of rotatable bonds is 4. The van der Waals surface area contributed by atoms with E-state index in [1.54, 1.807) is 16.8 Å². The molecule has 0 radical (unpaired) electrons. The third kappa shape index (κ3) is 3.83. The number of halogens is 1. The fourth-order valence-corrected chi connectivity index (χ4v) is 1.88. The molecule has 1 heterocycles. The van der Waals surface area contributed by atoms with Crippen molar-refractivity contribution in [2.75, 3.05) is 6.54 Å². The van der Waals surface area contributed by atoms with Gasteiger partial charge in [0.15, 0.2) is 11.6 Å². The zero-order chi connectivity index (χ0) is 15.2. The van der Waals surface area contributed by atoms with Crippen LogP contribution in [0.2, 0.25) is 0 Å². The lowest BCUT2D eigenvalue weighted by Crippen LogP contribution is -2.04. The number of nitrogens with two attached hydrogens (primary N) is 1. The maximum absolute atomic E-state index is 13.7. The SMILES string of the molecule is CCc1cc(COc2cc(C#CCN)ccc2F)n(C)n1. The molecule has 0 aliphatic heterocycles. The number of hydrogen-bond donors (Lipinski definition) is 1. The highest BCUT2D eigenvalue weighted by Gasteiger charge is 2.08. The minimum absolute atomic E-state index is 0.179. The molecule has 1 aromatic heterocycles. The van der Waals surface area contributed by atoms with E-state index >= 15 is 0 Å². The Hall–Kier alpha value is -2.32. The van der Waals surface area contributed by atoms with Crippen LogP contribution in [0.15, 0.2) is 24.3 Å². The molecule has 0 fully saturated rings. The van der Waals surface area contributed by atoms with Gasteiger partial charge in [-0.2, -0.15) is 5.10 Å². The highest BCUT2D eigenvalue weighted by Crippen LogP contribution is 2.20. The van der Waals surface area contributed by atoms with Crippen molar-refractivity contribution in [3.8, 4) is 17.6 Å². The minimum Gasteiger partial charge on any atom is -0.484 e. The van der Waals surface area contributed by atoms with E-state index in [-0.39, 0.29) is 18.9 Å². The van der Waals surface area contributed by atoms with Crippen molar-refractivity contribution in [2.45, 2.75) is 20.0 Å². The molecule has 0 bridgehead atoms. The van der Waals surface area contributed by atoms with Crippen LogP contribution in [-0.2, 0) is 20.1 Å². The molecule has 5 heteroatoms. The summed E-state index contributed by atoms with van der Waals surface area (Å²) in [4.78, 5) is 0. The summed E-state index contributed by atoms with van der Waals surface area (Å²) in [6, 6.07) is 6.48. The van der Waals surface area contributed by atoms with E-state index in [1.807, 2.05) is 20.0 Å². The molecule has 4 nitrogen and oxygen atoms in total. The summed E-state index contributed by atoms with van der Waals surface area (Å²) < 4.78 is 21.0. The molecule has 21 heavy (non-hydrogen) atoms. The summed E-state index contributed by atoms with van der Waals surface area (Å²) in [6.07, 6.45) is 0.854. The molecule has 0 unspecified atom stereocenters. The third-order valence-corrected chi connectivity index (χ3v) is 3.03. The van der Waals surface area contributed by atoms with Crippen LogP contribution < -0.4 is 10.5 Å². The number of aromatic nitrogens is 2. The van der Waals surface area contributed by atoms with Gasteiger partial charge in [-0.15, -0.1) is 0 Å². The van der Waals surface area contributed by atoms with Crippen LogP contribution in [0.4, 0.5) is 4.39 Å². The minimum atomic E-state index is -0.411. The summed E-state index contributed by atoms with van der Waals surface area (Å²) in [7, 11) is 1.84. The second-order valence-corrected chi connectivity index (χ2v) is 4.54. The van der Waals surface area contributed by atoms with Crippen LogP contribution in [0.5, 0.6) is 5.75 Å². The summed E-state index contributed by atoms with van der Waals surface area (Å²) in [5.74, 6) is 5.35. The van der Waals surface area contributed by atoms with Crippen LogP contribution in [-0.4, -0.2) is 16.3 Å². The predicted molar refractivity (Wildman–Crippen MR) is 79.3 cm³/mol. The molecule has 1 aromatic carbocycles. The average Bonchev–Trinajstić information content (AvgIpc) is 2.85. The molecule has 110 valence electrons. The Morgan fingerprint density at radius 1 is 1.38 bits per heavy atom. The van der Waals surface area contributed by atoms with Gasteiger partial charge in [-0.25, -0.2) is 4.39 Å². The quantitative estimate of drug-likeness (QED) is 0.875. The molecule has 2 aromatic rings. The van der Waals surface area contributed by atoms with Gasteiger partial charge >= 0.3 is 0 Å². The van der Waals surface area contributed by atoms with Gasteiger partial charge in [0.05, 0.1) is 17.9 Å². The number of ether oxygens (including phenoxy) is 1. The van der Waals surface area contributed by atoms with Crippen LogP contribution in [0.25, 0.3) is 0 Å². The van der Waals surface area contributed by atoms with Gasteiger partial charge in [-0.1, -0.05) is 18.8 Å². The average molecular weight is 287 g/mol. The Morgan fingerprint density at radius 3 is 2.86 bits per heavy atom. The molecular weight excluding hydrogens is 269 g/mol. The van der Waals surface area contributed by atoms with Crippen molar-refractivity contribution in [3.05, 3.63) is 47.0 Å².